The molecule has 2 heterocycles. The van der Waals surface area contributed by atoms with E-state index < -0.39 is 0 Å². The summed E-state index contributed by atoms with van der Waals surface area (Å²) < 4.78 is 5.16. The van der Waals surface area contributed by atoms with E-state index in [1.165, 1.54) is 124 Å². The third-order valence-corrected chi connectivity index (χ3v) is 19.2. The Kier molecular flexibility index (Phi) is 11.4. The predicted octanol–water partition coefficient (Wildman–Crippen LogP) is 22.8. The Bertz CT molecular complexity index is 4500. The van der Waals surface area contributed by atoms with Crippen molar-refractivity contribution in [1.29, 1.82) is 0 Å². The molecule has 0 saturated carbocycles. The molecule has 0 atom stereocenters. The number of benzene rings is 11. The highest BCUT2D eigenvalue weighted by Gasteiger charge is 2.39. The Morgan fingerprint density at radius 2 is 0.734 bits per heavy atom. The number of hydrogen-bond acceptors (Lipinski definition) is 4. The van der Waals surface area contributed by atoms with E-state index >= 15 is 0 Å². The molecule has 2 aromatic heterocycles. The Labute approximate surface area is 472 Å². The van der Waals surface area contributed by atoms with E-state index in [2.05, 4.69) is 296 Å². The van der Waals surface area contributed by atoms with Gasteiger partial charge in [-0.15, -0.1) is 22.7 Å². The molecule has 0 spiro atoms. The molecule has 0 aliphatic heterocycles. The number of thiophene rings is 2. The van der Waals surface area contributed by atoms with Crippen LogP contribution in [-0.4, -0.2) is 0 Å². The normalized spacial score (nSPS) is 13.2. The van der Waals surface area contributed by atoms with Crippen molar-refractivity contribution < 1.29 is 0 Å². The predicted molar refractivity (Wildman–Crippen MR) is 345 cm³/mol. The van der Waals surface area contributed by atoms with Crippen LogP contribution in [0.25, 0.3) is 84.5 Å². The minimum atomic E-state index is -0.351. The van der Waals surface area contributed by atoms with Crippen molar-refractivity contribution in [2.45, 2.75) is 71.6 Å². The summed E-state index contributed by atoms with van der Waals surface area (Å²) in [5, 5.41) is 7.64. The molecule has 1 aliphatic rings. The molecule has 0 saturated heterocycles. The lowest BCUT2D eigenvalue weighted by atomic mass is 9.81. The molecule has 1 aliphatic carbocycles. The number of fused-ring (bicyclic) bond motifs is 11. The molecular formula is C75H62N2S2. The van der Waals surface area contributed by atoms with E-state index in [0.29, 0.717) is 0 Å². The molecular weight excluding hydrogens is 993 g/mol. The van der Waals surface area contributed by atoms with Gasteiger partial charge in [0.05, 0.1) is 26.5 Å². The van der Waals surface area contributed by atoms with E-state index in [0.717, 1.165) is 17.1 Å². The van der Waals surface area contributed by atoms with Gasteiger partial charge in [-0.05, 0) is 139 Å². The molecule has 2 nitrogen and oxygen atoms in total. The molecule has 0 bridgehead atoms. The van der Waals surface area contributed by atoms with Crippen LogP contribution in [0.2, 0.25) is 0 Å². The van der Waals surface area contributed by atoms with Gasteiger partial charge in [0.15, 0.2) is 0 Å². The van der Waals surface area contributed by atoms with E-state index in [9.17, 15) is 0 Å². The van der Waals surface area contributed by atoms with E-state index in [4.69, 9.17) is 0 Å². The van der Waals surface area contributed by atoms with Crippen LogP contribution in [0.5, 0.6) is 0 Å². The van der Waals surface area contributed by atoms with Crippen LogP contribution < -0.4 is 9.80 Å². The fourth-order valence-corrected chi connectivity index (χ4v) is 14.9. The zero-order valence-corrected chi connectivity index (χ0v) is 47.8. The van der Waals surface area contributed by atoms with Gasteiger partial charge in [-0.2, -0.15) is 0 Å². The van der Waals surface area contributed by atoms with Crippen LogP contribution in [0.1, 0.15) is 77.6 Å². The highest BCUT2D eigenvalue weighted by Crippen LogP contribution is 2.57. The van der Waals surface area contributed by atoms with Gasteiger partial charge in [-0.3, -0.25) is 0 Å². The second kappa shape index (κ2) is 18.4. The second-order valence-corrected chi connectivity index (χ2v) is 26.2. The maximum absolute atomic E-state index is 2.55. The maximum Gasteiger partial charge on any atom is 0.0640 e. The molecule has 14 rings (SSSR count). The number of nitrogens with zero attached hydrogens (tertiary/aromatic N) is 2. The molecule has 4 heteroatoms. The van der Waals surface area contributed by atoms with Gasteiger partial charge in [0.25, 0.3) is 0 Å². The third-order valence-electron chi connectivity index (χ3n) is 16.8. The van der Waals surface area contributed by atoms with Crippen molar-refractivity contribution in [2.24, 2.45) is 0 Å². The first kappa shape index (κ1) is 49.0. The smallest absolute Gasteiger partial charge is 0.0640 e. The molecule has 11 aromatic carbocycles. The van der Waals surface area contributed by atoms with Crippen LogP contribution in [0.15, 0.2) is 231 Å². The SMILES string of the molecule is CC(C)(C)c1ccc(-c2ccc(N(c3ccc4c(c3)C(C)(C)c3cc(N(c5ccc(-c6ccc(C(C)(C)C)cc6)cc5)c5cccc6c5sc5ccccc56)c5ccccc5c3-4)c3cccc4c3sc3ccccc34)cc2)cc1. The number of rotatable bonds is 8. The number of hydrogen-bond donors (Lipinski definition) is 0. The summed E-state index contributed by atoms with van der Waals surface area (Å²) >= 11 is 3.77. The van der Waals surface area contributed by atoms with Gasteiger partial charge in [0.1, 0.15) is 0 Å². The fourth-order valence-electron chi connectivity index (χ4n) is 12.5. The lowest BCUT2D eigenvalue weighted by Crippen LogP contribution is -2.18. The summed E-state index contributed by atoms with van der Waals surface area (Å²) in [4.78, 5) is 5.05. The van der Waals surface area contributed by atoms with Gasteiger partial charge >= 0.3 is 0 Å². The first-order valence-corrected chi connectivity index (χ1v) is 29.4. The minimum absolute atomic E-state index is 0.0937. The van der Waals surface area contributed by atoms with Crippen molar-refractivity contribution in [3.8, 4) is 33.4 Å². The molecule has 0 amide bonds. The second-order valence-electron chi connectivity index (χ2n) is 24.1. The molecule has 0 unspecified atom stereocenters. The van der Waals surface area contributed by atoms with Crippen LogP contribution in [0, 0.1) is 0 Å². The highest BCUT2D eigenvalue weighted by atomic mass is 32.1. The lowest BCUT2D eigenvalue weighted by Gasteiger charge is -2.30. The molecule has 0 radical (unpaired) electrons. The van der Waals surface area contributed by atoms with Crippen molar-refractivity contribution in [2.75, 3.05) is 9.80 Å². The molecule has 79 heavy (non-hydrogen) atoms. The Balaban J connectivity index is 0.930. The van der Waals surface area contributed by atoms with E-state index in [1.54, 1.807) is 0 Å². The van der Waals surface area contributed by atoms with Crippen molar-refractivity contribution >= 4 is 108 Å². The average molecular weight is 1060 g/mol. The van der Waals surface area contributed by atoms with Crippen molar-refractivity contribution in [3.63, 3.8) is 0 Å². The third kappa shape index (κ3) is 8.18. The van der Waals surface area contributed by atoms with Gasteiger partial charge in [-0.1, -0.05) is 219 Å². The molecule has 0 N–H and O–H groups in total. The topological polar surface area (TPSA) is 6.48 Å². The first-order chi connectivity index (χ1) is 38.2. The summed E-state index contributed by atoms with van der Waals surface area (Å²) in [6, 6.07) is 87.0. The van der Waals surface area contributed by atoms with Crippen LogP contribution in [0.4, 0.5) is 34.1 Å². The van der Waals surface area contributed by atoms with Crippen LogP contribution >= 0.6 is 22.7 Å². The Morgan fingerprint density at radius 1 is 0.329 bits per heavy atom. The van der Waals surface area contributed by atoms with Crippen molar-refractivity contribution in [1.82, 2.24) is 0 Å². The fraction of sp³-hybridized carbons (Fsp3) is 0.147. The summed E-state index contributed by atoms with van der Waals surface area (Å²) in [5.74, 6) is 0. The van der Waals surface area contributed by atoms with Gasteiger partial charge in [-0.25, -0.2) is 0 Å². The monoisotopic (exact) mass is 1050 g/mol. The molecule has 384 valence electrons. The summed E-state index contributed by atoms with van der Waals surface area (Å²) in [5.41, 5.74) is 19.6. The zero-order valence-electron chi connectivity index (χ0n) is 46.2. The average Bonchev–Trinajstić information content (AvgIpc) is 4.12. The molecule has 13 aromatic rings. The summed E-state index contributed by atoms with van der Waals surface area (Å²) in [6.45, 7) is 18.5. The zero-order chi connectivity index (χ0) is 54.0. The van der Waals surface area contributed by atoms with Crippen LogP contribution in [0.3, 0.4) is 0 Å². The largest absolute Gasteiger partial charge is 0.309 e. The lowest BCUT2D eigenvalue weighted by molar-refractivity contribution is 0.590. The van der Waals surface area contributed by atoms with Gasteiger partial charge < -0.3 is 9.80 Å². The summed E-state index contributed by atoms with van der Waals surface area (Å²) in [6.07, 6.45) is 0. The Hall–Kier alpha value is -8.28. The molecule has 0 fully saturated rings. The van der Waals surface area contributed by atoms with E-state index in [-0.39, 0.29) is 16.2 Å². The number of anilines is 6. The minimum Gasteiger partial charge on any atom is -0.309 e. The maximum atomic E-state index is 2.55. The quantitative estimate of drug-likeness (QED) is 0.150. The first-order valence-electron chi connectivity index (χ1n) is 27.7. The van der Waals surface area contributed by atoms with Crippen molar-refractivity contribution in [3.05, 3.63) is 253 Å². The van der Waals surface area contributed by atoms with Gasteiger partial charge in [0, 0.05) is 58.8 Å². The van der Waals surface area contributed by atoms with Crippen LogP contribution in [-0.2, 0) is 16.2 Å². The highest BCUT2D eigenvalue weighted by molar-refractivity contribution is 7.26. The van der Waals surface area contributed by atoms with E-state index in [1.807, 2.05) is 22.7 Å². The standard InChI is InChI=1S/C75H62N2S2/c1-73(2,3)51-35-27-47(28-36-51)49-31-39-53(40-32-49)76(65-23-15-21-60-57-18-11-13-25-68(57)78-71(60)65)55-43-44-62-63(45-55)75(7,8)64-46-67(56-17-9-10-20-59(56)70(62)64)77(66-24-16-22-61-58-19-12-14-26-69(58)79-72(61)66)54-41-33-50(34-42-54)48-29-37-52(38-30-48)74(4,5)6/h9-46H,1-8H3. The van der Waals surface area contributed by atoms with Gasteiger partial charge in [0.2, 0.25) is 0 Å². The Morgan fingerprint density at radius 3 is 1.23 bits per heavy atom. The summed E-state index contributed by atoms with van der Waals surface area (Å²) in [7, 11) is 0.